The van der Waals surface area contributed by atoms with E-state index < -0.39 is 0 Å². The molecule has 0 radical (unpaired) electrons. The smallest absolute Gasteiger partial charge is 0.223 e. The molecule has 0 aromatic heterocycles. The van der Waals surface area contributed by atoms with Gasteiger partial charge in [0, 0.05) is 39.1 Å². The Morgan fingerprint density at radius 3 is 1.85 bits per heavy atom. The normalized spacial score (nSPS) is 19.7. The molecule has 176 valence electrons. The van der Waals surface area contributed by atoms with Crippen molar-refractivity contribution in [1.82, 2.24) is 14.7 Å². The summed E-state index contributed by atoms with van der Waals surface area (Å²) in [5.41, 5.74) is 4.00. The van der Waals surface area contributed by atoms with Crippen molar-refractivity contribution in [1.29, 1.82) is 0 Å². The van der Waals surface area contributed by atoms with Crippen LogP contribution in [-0.2, 0) is 4.79 Å². The summed E-state index contributed by atoms with van der Waals surface area (Å²) in [6, 6.07) is 32.8. The van der Waals surface area contributed by atoms with Crippen molar-refractivity contribution in [2.75, 3.05) is 39.3 Å². The fraction of sp³-hybridized carbons (Fsp3) is 0.367. The molecule has 1 unspecified atom stereocenters. The third-order valence-corrected chi connectivity index (χ3v) is 7.39. The van der Waals surface area contributed by atoms with Crippen LogP contribution in [0.5, 0.6) is 0 Å². The molecule has 2 aliphatic heterocycles. The molecule has 4 heteroatoms. The number of benzene rings is 3. The van der Waals surface area contributed by atoms with Crippen LogP contribution in [0.3, 0.4) is 0 Å². The van der Waals surface area contributed by atoms with Crippen LogP contribution in [0.15, 0.2) is 91.0 Å². The largest absolute Gasteiger partial charge is 0.336 e. The number of hydrogen-bond acceptors (Lipinski definition) is 3. The summed E-state index contributed by atoms with van der Waals surface area (Å²) < 4.78 is 0. The van der Waals surface area contributed by atoms with Gasteiger partial charge in [-0.3, -0.25) is 9.69 Å². The molecule has 1 amide bonds. The van der Waals surface area contributed by atoms with Crippen molar-refractivity contribution in [2.45, 2.75) is 31.3 Å². The van der Waals surface area contributed by atoms with Gasteiger partial charge in [-0.05, 0) is 36.1 Å². The molecule has 0 spiro atoms. The lowest BCUT2D eigenvalue weighted by atomic mass is 9.96. The Morgan fingerprint density at radius 1 is 0.706 bits per heavy atom. The van der Waals surface area contributed by atoms with E-state index in [1.165, 1.54) is 16.7 Å². The number of likely N-dealkylation sites (tertiary alicyclic amines) is 1. The van der Waals surface area contributed by atoms with Gasteiger partial charge in [0.15, 0.2) is 0 Å². The first-order valence-electron chi connectivity index (χ1n) is 12.7. The predicted molar refractivity (Wildman–Crippen MR) is 137 cm³/mol. The Labute approximate surface area is 203 Å². The van der Waals surface area contributed by atoms with Gasteiger partial charge < -0.3 is 9.80 Å². The summed E-state index contributed by atoms with van der Waals surface area (Å²) in [7, 11) is 0. The topological polar surface area (TPSA) is 26.8 Å². The van der Waals surface area contributed by atoms with Crippen molar-refractivity contribution in [2.24, 2.45) is 0 Å². The van der Waals surface area contributed by atoms with Crippen LogP contribution in [-0.4, -0.2) is 59.9 Å². The molecule has 4 nitrogen and oxygen atoms in total. The number of carbonyl (C=O) groups is 1. The van der Waals surface area contributed by atoms with Crippen LogP contribution < -0.4 is 0 Å². The minimum Gasteiger partial charge on any atom is -0.336 e. The van der Waals surface area contributed by atoms with Crippen LogP contribution in [0.1, 0.15) is 48.0 Å². The van der Waals surface area contributed by atoms with E-state index in [-0.39, 0.29) is 6.04 Å². The highest BCUT2D eigenvalue weighted by Gasteiger charge is 2.32. The second-order valence-corrected chi connectivity index (χ2v) is 9.51. The van der Waals surface area contributed by atoms with E-state index in [0.29, 0.717) is 18.4 Å². The van der Waals surface area contributed by atoms with Gasteiger partial charge in [-0.2, -0.15) is 0 Å². The average Bonchev–Trinajstić information content (AvgIpc) is 3.27. The highest BCUT2D eigenvalue weighted by atomic mass is 16.2. The van der Waals surface area contributed by atoms with E-state index in [9.17, 15) is 4.79 Å². The quantitative estimate of drug-likeness (QED) is 0.472. The van der Waals surface area contributed by atoms with Crippen LogP contribution in [0, 0.1) is 0 Å². The SMILES string of the molecule is O=C1CCC(c2ccccc2)N1CCCN1CCN(C(c2ccccc2)c2ccccc2)CC1. The fourth-order valence-corrected chi connectivity index (χ4v) is 5.63. The van der Waals surface area contributed by atoms with Gasteiger partial charge in [0.1, 0.15) is 0 Å². The second-order valence-electron chi connectivity index (χ2n) is 9.51. The molecule has 5 rings (SSSR count). The number of nitrogens with zero attached hydrogens (tertiary/aromatic N) is 3. The molecule has 0 aliphatic carbocycles. The molecule has 0 N–H and O–H groups in total. The Bertz CT molecular complexity index is 993. The molecule has 2 saturated heterocycles. The van der Waals surface area contributed by atoms with Crippen LogP contribution in [0.25, 0.3) is 0 Å². The third-order valence-electron chi connectivity index (χ3n) is 7.39. The highest BCUT2D eigenvalue weighted by Crippen LogP contribution is 2.33. The first kappa shape index (κ1) is 22.8. The van der Waals surface area contributed by atoms with Gasteiger partial charge in [0.25, 0.3) is 0 Å². The lowest BCUT2D eigenvalue weighted by Gasteiger charge is -2.40. The number of rotatable bonds is 8. The summed E-state index contributed by atoms with van der Waals surface area (Å²) in [6.45, 7) is 6.18. The van der Waals surface area contributed by atoms with E-state index in [1.807, 2.05) is 6.07 Å². The maximum Gasteiger partial charge on any atom is 0.223 e. The minimum atomic E-state index is 0.253. The molecule has 0 saturated carbocycles. The Morgan fingerprint density at radius 2 is 1.26 bits per heavy atom. The summed E-state index contributed by atoms with van der Waals surface area (Å²) in [6.07, 6.45) is 2.66. The van der Waals surface area contributed by atoms with Gasteiger partial charge in [0.2, 0.25) is 5.91 Å². The zero-order chi connectivity index (χ0) is 23.2. The van der Waals surface area contributed by atoms with Gasteiger partial charge in [-0.1, -0.05) is 91.0 Å². The number of piperazine rings is 1. The van der Waals surface area contributed by atoms with E-state index in [2.05, 4.69) is 99.6 Å². The van der Waals surface area contributed by atoms with E-state index in [1.54, 1.807) is 0 Å². The second kappa shape index (κ2) is 11.0. The Balaban J connectivity index is 1.16. The predicted octanol–water partition coefficient (Wildman–Crippen LogP) is 5.15. The Hall–Kier alpha value is -2.95. The molecule has 1 atom stereocenters. The molecule has 3 aromatic carbocycles. The summed E-state index contributed by atoms with van der Waals surface area (Å²) in [4.78, 5) is 19.8. The molecular formula is C30H35N3O. The van der Waals surface area contributed by atoms with Crippen molar-refractivity contribution in [3.05, 3.63) is 108 Å². The average molecular weight is 454 g/mol. The van der Waals surface area contributed by atoms with Crippen LogP contribution in [0.4, 0.5) is 0 Å². The van der Waals surface area contributed by atoms with Gasteiger partial charge in [-0.15, -0.1) is 0 Å². The maximum atomic E-state index is 12.5. The highest BCUT2D eigenvalue weighted by molar-refractivity contribution is 5.79. The lowest BCUT2D eigenvalue weighted by Crippen LogP contribution is -2.48. The minimum absolute atomic E-state index is 0.253. The summed E-state index contributed by atoms with van der Waals surface area (Å²) in [5.74, 6) is 0.312. The number of amides is 1. The first-order valence-corrected chi connectivity index (χ1v) is 12.7. The van der Waals surface area contributed by atoms with E-state index in [0.717, 1.165) is 52.1 Å². The van der Waals surface area contributed by atoms with Crippen molar-refractivity contribution in [3.8, 4) is 0 Å². The van der Waals surface area contributed by atoms with Gasteiger partial charge in [-0.25, -0.2) is 0 Å². The zero-order valence-electron chi connectivity index (χ0n) is 19.9. The molecular weight excluding hydrogens is 418 g/mol. The summed E-state index contributed by atoms with van der Waals surface area (Å²) >= 11 is 0. The van der Waals surface area contributed by atoms with Crippen molar-refractivity contribution < 1.29 is 4.79 Å². The molecule has 3 aromatic rings. The molecule has 2 heterocycles. The standard InChI is InChI=1S/C30H35N3O/c34-29-18-17-28(25-11-4-1-5-12-25)33(29)20-10-19-31-21-23-32(24-22-31)30(26-13-6-2-7-14-26)27-15-8-3-9-16-27/h1-9,11-16,28,30H,10,17-24H2. The summed E-state index contributed by atoms with van der Waals surface area (Å²) in [5, 5.41) is 0. The van der Waals surface area contributed by atoms with E-state index >= 15 is 0 Å². The van der Waals surface area contributed by atoms with E-state index in [4.69, 9.17) is 0 Å². The molecule has 34 heavy (non-hydrogen) atoms. The van der Waals surface area contributed by atoms with Crippen LogP contribution in [0.2, 0.25) is 0 Å². The maximum absolute atomic E-state index is 12.5. The monoisotopic (exact) mass is 453 g/mol. The van der Waals surface area contributed by atoms with Crippen molar-refractivity contribution >= 4 is 5.91 Å². The first-order chi connectivity index (χ1) is 16.8. The van der Waals surface area contributed by atoms with Gasteiger partial charge >= 0.3 is 0 Å². The molecule has 2 aliphatic rings. The van der Waals surface area contributed by atoms with Crippen molar-refractivity contribution in [3.63, 3.8) is 0 Å². The van der Waals surface area contributed by atoms with Crippen LogP contribution >= 0.6 is 0 Å². The fourth-order valence-electron chi connectivity index (χ4n) is 5.63. The lowest BCUT2D eigenvalue weighted by molar-refractivity contribution is -0.129. The zero-order valence-corrected chi connectivity index (χ0v) is 19.9. The van der Waals surface area contributed by atoms with Gasteiger partial charge in [0.05, 0.1) is 12.1 Å². The number of carbonyl (C=O) groups excluding carboxylic acids is 1. The Kier molecular flexibility index (Phi) is 7.37. The number of hydrogen-bond donors (Lipinski definition) is 0. The molecule has 2 fully saturated rings. The third kappa shape index (κ3) is 5.24. The molecule has 0 bridgehead atoms.